The van der Waals surface area contributed by atoms with Crippen LogP contribution in [0.5, 0.6) is 0 Å². The van der Waals surface area contributed by atoms with Crippen LogP contribution in [0.15, 0.2) is 182 Å². The third-order valence-corrected chi connectivity index (χ3v) is 11.9. The van der Waals surface area contributed by atoms with Crippen LogP contribution in [0.25, 0.3) is 94.8 Å². The first-order valence-electron chi connectivity index (χ1n) is 19.2. The molecule has 0 spiro atoms. The predicted octanol–water partition coefficient (Wildman–Crippen LogP) is 13.9. The van der Waals surface area contributed by atoms with E-state index in [2.05, 4.69) is 142 Å². The van der Waals surface area contributed by atoms with Gasteiger partial charge in [-0.25, -0.2) is 0 Å². The fourth-order valence-corrected chi connectivity index (χ4v) is 9.49. The van der Waals surface area contributed by atoms with Gasteiger partial charge in [-0.15, -0.1) is 0 Å². The number of pyridine rings is 1. The van der Waals surface area contributed by atoms with Crippen molar-refractivity contribution in [3.63, 3.8) is 0 Å². The summed E-state index contributed by atoms with van der Waals surface area (Å²) in [5.41, 5.74) is 15.7. The Bertz CT molecular complexity index is 3150. The molecule has 0 aliphatic heterocycles. The van der Waals surface area contributed by atoms with Gasteiger partial charge >= 0.3 is 0 Å². The minimum Gasteiger partial charge on any atom is -0.276 e. The molecule has 0 saturated heterocycles. The fourth-order valence-electron chi connectivity index (χ4n) is 9.49. The van der Waals surface area contributed by atoms with Crippen molar-refractivity contribution in [1.82, 2.24) is 4.57 Å². The van der Waals surface area contributed by atoms with Gasteiger partial charge in [0.25, 0.3) is 5.56 Å². The average molecular weight is 718 g/mol. The zero-order valence-corrected chi connectivity index (χ0v) is 31.5. The van der Waals surface area contributed by atoms with Crippen LogP contribution in [-0.4, -0.2) is 4.57 Å². The number of nitrogens with zero attached hydrogens (tertiary/aromatic N) is 1. The van der Waals surface area contributed by atoms with E-state index in [4.69, 9.17) is 0 Å². The Morgan fingerprint density at radius 2 is 1.07 bits per heavy atom. The van der Waals surface area contributed by atoms with Gasteiger partial charge in [-0.3, -0.25) is 9.36 Å². The van der Waals surface area contributed by atoms with Crippen LogP contribution in [0.4, 0.5) is 0 Å². The zero-order valence-electron chi connectivity index (χ0n) is 31.5. The molecule has 0 saturated carbocycles. The first-order valence-corrected chi connectivity index (χ1v) is 19.2. The second-order valence-electron chi connectivity index (χ2n) is 15.3. The largest absolute Gasteiger partial charge is 0.276 e. The van der Waals surface area contributed by atoms with Crippen molar-refractivity contribution >= 4 is 44.6 Å². The van der Waals surface area contributed by atoms with Crippen LogP contribution in [-0.2, 0) is 5.41 Å². The molecule has 56 heavy (non-hydrogen) atoms. The zero-order chi connectivity index (χ0) is 38.1. The molecule has 1 heterocycles. The predicted molar refractivity (Wildman–Crippen MR) is 239 cm³/mol. The standard InChI is InChI=1S/C54H39NO/c1-5-38-39(6-2)51(45-26-17-25-43-41-23-15-16-27-48(41)54(3,4)52(43)45)42-30-28-35(33-47(42)50(38)34-18-9-7-10-19-34)36-29-31-49-46(32-36)40-22-13-14-24-44(40)53(56)55(49)37-20-11-8-12-21-37/h5-33H,1-2H2,3-4H3. The Labute approximate surface area is 327 Å². The summed E-state index contributed by atoms with van der Waals surface area (Å²) in [5.74, 6) is 0. The molecule has 2 heteroatoms. The molecule has 1 aromatic heterocycles. The van der Waals surface area contributed by atoms with Gasteiger partial charge in [0.05, 0.1) is 5.52 Å². The number of hydrogen-bond donors (Lipinski definition) is 0. The van der Waals surface area contributed by atoms with Gasteiger partial charge in [-0.1, -0.05) is 167 Å². The molecule has 1 aliphatic rings. The van der Waals surface area contributed by atoms with E-state index in [-0.39, 0.29) is 11.0 Å². The van der Waals surface area contributed by atoms with Gasteiger partial charge in [0.15, 0.2) is 0 Å². The molecule has 0 amide bonds. The second kappa shape index (κ2) is 12.8. The Morgan fingerprint density at radius 3 is 1.82 bits per heavy atom. The maximum atomic E-state index is 14.0. The van der Waals surface area contributed by atoms with E-state index in [0.29, 0.717) is 5.39 Å². The molecule has 0 atom stereocenters. The summed E-state index contributed by atoms with van der Waals surface area (Å²) < 4.78 is 1.84. The summed E-state index contributed by atoms with van der Waals surface area (Å²) in [5, 5.41) is 4.98. The van der Waals surface area contributed by atoms with E-state index in [1.807, 2.05) is 65.3 Å². The SMILES string of the molecule is C=Cc1c(C=C)c(-c2cccc3c2C(C)(C)c2ccccc2-3)c2ccc(-c3ccc4c(c3)c3ccccc3c(=O)n4-c3ccccc3)cc2c1-c1ccccc1. The summed E-state index contributed by atoms with van der Waals surface area (Å²) in [6, 6.07) is 57.5. The quantitative estimate of drug-likeness (QED) is 0.157. The van der Waals surface area contributed by atoms with Crippen molar-refractivity contribution in [1.29, 1.82) is 0 Å². The van der Waals surface area contributed by atoms with E-state index in [9.17, 15) is 4.79 Å². The molecule has 0 N–H and O–H groups in total. The van der Waals surface area contributed by atoms with Gasteiger partial charge in [0.2, 0.25) is 0 Å². The summed E-state index contributed by atoms with van der Waals surface area (Å²) in [4.78, 5) is 14.0. The summed E-state index contributed by atoms with van der Waals surface area (Å²) in [6.45, 7) is 13.5. The molecule has 2 nitrogen and oxygen atoms in total. The molecule has 0 unspecified atom stereocenters. The third-order valence-electron chi connectivity index (χ3n) is 11.9. The molecule has 0 radical (unpaired) electrons. The molecular formula is C54H39NO. The van der Waals surface area contributed by atoms with Gasteiger partial charge in [-0.05, 0) is 119 Å². The molecular weight excluding hydrogens is 679 g/mol. The van der Waals surface area contributed by atoms with Crippen molar-refractivity contribution in [3.05, 3.63) is 210 Å². The number of para-hydroxylation sites is 1. The highest BCUT2D eigenvalue weighted by molar-refractivity contribution is 6.14. The van der Waals surface area contributed by atoms with E-state index in [1.165, 1.54) is 33.4 Å². The van der Waals surface area contributed by atoms with E-state index >= 15 is 0 Å². The lowest BCUT2D eigenvalue weighted by atomic mass is 9.76. The van der Waals surface area contributed by atoms with Crippen LogP contribution in [0.3, 0.4) is 0 Å². The highest BCUT2D eigenvalue weighted by Crippen LogP contribution is 2.54. The second-order valence-corrected chi connectivity index (χ2v) is 15.3. The highest BCUT2D eigenvalue weighted by atomic mass is 16.1. The molecule has 266 valence electrons. The third kappa shape index (κ3) is 4.86. The molecule has 1 aliphatic carbocycles. The average Bonchev–Trinajstić information content (AvgIpc) is 3.49. The van der Waals surface area contributed by atoms with Crippen LogP contribution < -0.4 is 5.56 Å². The van der Waals surface area contributed by atoms with Gasteiger partial charge < -0.3 is 0 Å². The van der Waals surface area contributed by atoms with Crippen LogP contribution in [0, 0.1) is 0 Å². The number of benzene rings is 8. The Balaban J connectivity index is 1.28. The summed E-state index contributed by atoms with van der Waals surface area (Å²) in [6.07, 6.45) is 4.02. The lowest BCUT2D eigenvalue weighted by molar-refractivity contribution is 0.662. The number of fused-ring (bicyclic) bond motifs is 7. The molecule has 10 rings (SSSR count). The molecule has 8 aromatic carbocycles. The van der Waals surface area contributed by atoms with E-state index in [0.717, 1.165) is 66.1 Å². The number of aromatic nitrogens is 1. The van der Waals surface area contributed by atoms with E-state index in [1.54, 1.807) is 0 Å². The minimum atomic E-state index is -0.200. The molecule has 0 fully saturated rings. The topological polar surface area (TPSA) is 22.0 Å². The minimum absolute atomic E-state index is 0.0218. The monoisotopic (exact) mass is 717 g/mol. The van der Waals surface area contributed by atoms with Crippen LogP contribution >= 0.6 is 0 Å². The van der Waals surface area contributed by atoms with Crippen molar-refractivity contribution in [3.8, 4) is 50.2 Å². The number of rotatable bonds is 6. The van der Waals surface area contributed by atoms with Crippen molar-refractivity contribution in [2.24, 2.45) is 0 Å². The smallest absolute Gasteiger partial charge is 0.263 e. The summed E-state index contributed by atoms with van der Waals surface area (Å²) >= 11 is 0. The first kappa shape index (κ1) is 33.5. The lowest BCUT2D eigenvalue weighted by Crippen LogP contribution is -2.19. The van der Waals surface area contributed by atoms with Gasteiger partial charge in [-0.2, -0.15) is 0 Å². The molecule has 0 bridgehead atoms. The highest BCUT2D eigenvalue weighted by Gasteiger charge is 2.38. The van der Waals surface area contributed by atoms with Crippen molar-refractivity contribution < 1.29 is 0 Å². The summed E-state index contributed by atoms with van der Waals surface area (Å²) in [7, 11) is 0. The van der Waals surface area contributed by atoms with Gasteiger partial charge in [0.1, 0.15) is 0 Å². The van der Waals surface area contributed by atoms with Crippen molar-refractivity contribution in [2.75, 3.05) is 0 Å². The van der Waals surface area contributed by atoms with E-state index < -0.39 is 0 Å². The Hall–Kier alpha value is -7.03. The Kier molecular flexibility index (Phi) is 7.66. The first-order chi connectivity index (χ1) is 27.4. The fraction of sp³-hybridized carbons (Fsp3) is 0.0556. The van der Waals surface area contributed by atoms with Crippen LogP contribution in [0.2, 0.25) is 0 Å². The molecule has 9 aromatic rings. The van der Waals surface area contributed by atoms with Gasteiger partial charge in [0, 0.05) is 21.9 Å². The van der Waals surface area contributed by atoms with Crippen molar-refractivity contribution in [2.45, 2.75) is 19.3 Å². The maximum absolute atomic E-state index is 14.0. The normalized spacial score (nSPS) is 12.8. The maximum Gasteiger partial charge on any atom is 0.263 e. The Morgan fingerprint density at radius 1 is 0.482 bits per heavy atom. The lowest BCUT2D eigenvalue weighted by Gasteiger charge is -2.27. The number of hydrogen-bond acceptors (Lipinski definition) is 1. The van der Waals surface area contributed by atoms with Crippen LogP contribution in [0.1, 0.15) is 36.1 Å².